The molecule has 1 aromatic carbocycles. The second-order valence-electron chi connectivity index (χ2n) is 7.52. The van der Waals surface area contributed by atoms with Gasteiger partial charge in [0, 0.05) is 19.1 Å². The summed E-state index contributed by atoms with van der Waals surface area (Å²) in [7, 11) is -0.332. The first-order valence-corrected chi connectivity index (χ1v) is 10.6. The molecule has 1 fully saturated rings. The van der Waals surface area contributed by atoms with E-state index < -0.39 is 10.0 Å². The fraction of sp³-hybridized carbons (Fsp3) is 0.684. The van der Waals surface area contributed by atoms with Gasteiger partial charge in [0.05, 0.1) is 18.6 Å². The molecular formula is C19H32N2O4S. The van der Waals surface area contributed by atoms with Crippen molar-refractivity contribution in [2.45, 2.75) is 44.4 Å². The largest absolute Gasteiger partial charge is 0.496 e. The molecule has 1 aromatic rings. The number of rotatable bonds is 8. The summed E-state index contributed by atoms with van der Waals surface area (Å²) in [6.07, 6.45) is 1.78. The van der Waals surface area contributed by atoms with Gasteiger partial charge in [0.25, 0.3) is 0 Å². The van der Waals surface area contributed by atoms with Crippen LogP contribution in [0, 0.1) is 12.3 Å². The van der Waals surface area contributed by atoms with Gasteiger partial charge in [0.2, 0.25) is 10.0 Å². The first-order valence-electron chi connectivity index (χ1n) is 9.12. The van der Waals surface area contributed by atoms with Crippen molar-refractivity contribution in [3.8, 4) is 5.75 Å². The second kappa shape index (κ2) is 8.69. The summed E-state index contributed by atoms with van der Waals surface area (Å²) in [6.45, 7) is 8.55. The molecule has 1 aliphatic rings. The zero-order chi connectivity index (χ0) is 19.4. The average molecular weight is 385 g/mol. The lowest BCUT2D eigenvalue weighted by molar-refractivity contribution is 0.0577. The number of ether oxygens (including phenoxy) is 2. The lowest BCUT2D eigenvalue weighted by Crippen LogP contribution is -2.47. The molecule has 6 nitrogen and oxygen atoms in total. The van der Waals surface area contributed by atoms with E-state index in [1.807, 2.05) is 13.8 Å². The van der Waals surface area contributed by atoms with Gasteiger partial charge in [0.1, 0.15) is 5.75 Å². The SMILES string of the molecule is COCC1(CNS(=O)(=O)c2cc(C(C)C)c(OC)cc2C)CCNCC1. The molecule has 0 radical (unpaired) electrons. The van der Waals surface area contributed by atoms with Crippen molar-refractivity contribution in [2.75, 3.05) is 40.5 Å². The van der Waals surface area contributed by atoms with Gasteiger partial charge in [-0.15, -0.1) is 0 Å². The fourth-order valence-electron chi connectivity index (χ4n) is 3.56. The van der Waals surface area contributed by atoms with E-state index >= 15 is 0 Å². The lowest BCUT2D eigenvalue weighted by Gasteiger charge is -2.37. The Morgan fingerprint density at radius 1 is 1.23 bits per heavy atom. The zero-order valence-corrected chi connectivity index (χ0v) is 17.3. The van der Waals surface area contributed by atoms with Gasteiger partial charge < -0.3 is 14.8 Å². The Balaban J connectivity index is 2.28. The number of methoxy groups -OCH3 is 2. The molecule has 148 valence electrons. The third-order valence-electron chi connectivity index (χ3n) is 5.19. The summed E-state index contributed by atoms with van der Waals surface area (Å²) in [5, 5.41) is 3.32. The Morgan fingerprint density at radius 3 is 2.42 bits per heavy atom. The van der Waals surface area contributed by atoms with E-state index in [0.717, 1.165) is 37.2 Å². The Labute approximate surface area is 157 Å². The molecule has 1 saturated heterocycles. The van der Waals surface area contributed by atoms with Crippen LogP contribution in [-0.4, -0.2) is 48.9 Å². The zero-order valence-electron chi connectivity index (χ0n) is 16.5. The summed E-state index contributed by atoms with van der Waals surface area (Å²) >= 11 is 0. The standard InChI is InChI=1S/C19H32N2O4S/c1-14(2)16-11-18(15(3)10-17(16)25-5)26(22,23)21-12-19(13-24-4)6-8-20-9-7-19/h10-11,14,20-21H,6-9,12-13H2,1-5H3. The van der Waals surface area contributed by atoms with Crippen molar-refractivity contribution < 1.29 is 17.9 Å². The van der Waals surface area contributed by atoms with Crippen LogP contribution in [0.3, 0.4) is 0 Å². The minimum absolute atomic E-state index is 0.158. The van der Waals surface area contributed by atoms with E-state index in [-0.39, 0.29) is 11.3 Å². The highest BCUT2D eigenvalue weighted by molar-refractivity contribution is 7.89. The molecule has 0 saturated carbocycles. The van der Waals surface area contributed by atoms with Crippen LogP contribution in [0.15, 0.2) is 17.0 Å². The van der Waals surface area contributed by atoms with Crippen LogP contribution in [-0.2, 0) is 14.8 Å². The van der Waals surface area contributed by atoms with Crippen LogP contribution in [0.5, 0.6) is 5.75 Å². The van der Waals surface area contributed by atoms with Gasteiger partial charge in [-0.3, -0.25) is 0 Å². The normalized spacial score (nSPS) is 17.5. The smallest absolute Gasteiger partial charge is 0.240 e. The number of benzene rings is 1. The van der Waals surface area contributed by atoms with Crippen molar-refractivity contribution in [3.63, 3.8) is 0 Å². The van der Waals surface area contributed by atoms with Crippen LogP contribution in [0.25, 0.3) is 0 Å². The molecule has 2 N–H and O–H groups in total. The first-order chi connectivity index (χ1) is 12.2. The van der Waals surface area contributed by atoms with Gasteiger partial charge in [-0.25, -0.2) is 13.1 Å². The molecule has 0 unspecified atom stereocenters. The Bertz CT molecular complexity index is 705. The third kappa shape index (κ3) is 4.76. The number of hydrogen-bond acceptors (Lipinski definition) is 5. The highest BCUT2D eigenvalue weighted by atomic mass is 32.2. The molecule has 0 amide bonds. The molecule has 0 aromatic heterocycles. The van der Waals surface area contributed by atoms with Crippen molar-refractivity contribution in [1.82, 2.24) is 10.0 Å². The monoisotopic (exact) mass is 384 g/mol. The Morgan fingerprint density at radius 2 is 1.88 bits per heavy atom. The molecule has 2 rings (SSSR count). The van der Waals surface area contributed by atoms with E-state index in [4.69, 9.17) is 9.47 Å². The molecule has 1 heterocycles. The highest BCUT2D eigenvalue weighted by Crippen LogP contribution is 2.33. The minimum atomic E-state index is -3.61. The summed E-state index contributed by atoms with van der Waals surface area (Å²) in [6, 6.07) is 3.55. The first kappa shape index (κ1) is 21.2. The van der Waals surface area contributed by atoms with E-state index in [9.17, 15) is 8.42 Å². The number of aryl methyl sites for hydroxylation is 1. The number of sulfonamides is 1. The maximum Gasteiger partial charge on any atom is 0.240 e. The van der Waals surface area contributed by atoms with E-state index in [1.54, 1.807) is 33.3 Å². The van der Waals surface area contributed by atoms with Crippen molar-refractivity contribution in [3.05, 3.63) is 23.3 Å². The maximum atomic E-state index is 13.0. The molecular weight excluding hydrogens is 352 g/mol. The third-order valence-corrected chi connectivity index (χ3v) is 6.73. The molecule has 26 heavy (non-hydrogen) atoms. The van der Waals surface area contributed by atoms with Gasteiger partial charge in [-0.1, -0.05) is 13.8 Å². The summed E-state index contributed by atoms with van der Waals surface area (Å²) < 4.78 is 39.7. The quantitative estimate of drug-likeness (QED) is 0.720. The van der Waals surface area contributed by atoms with Crippen LogP contribution in [0.4, 0.5) is 0 Å². The molecule has 0 spiro atoms. The summed E-state index contributed by atoms with van der Waals surface area (Å²) in [5.74, 6) is 0.898. The maximum absolute atomic E-state index is 13.0. The Hall–Kier alpha value is -1.15. The molecule has 0 aliphatic carbocycles. The van der Waals surface area contributed by atoms with Gasteiger partial charge in [0.15, 0.2) is 0 Å². The predicted octanol–water partition coefficient (Wildman–Crippen LogP) is 2.42. The van der Waals surface area contributed by atoms with Crippen molar-refractivity contribution in [1.29, 1.82) is 0 Å². The van der Waals surface area contributed by atoms with Crippen molar-refractivity contribution >= 4 is 10.0 Å². The van der Waals surface area contributed by atoms with E-state index in [2.05, 4.69) is 10.0 Å². The Kier molecular flexibility index (Phi) is 7.07. The van der Waals surface area contributed by atoms with E-state index in [0.29, 0.717) is 23.6 Å². The highest BCUT2D eigenvalue weighted by Gasteiger charge is 2.34. The molecule has 0 bridgehead atoms. The topological polar surface area (TPSA) is 76.7 Å². The fourth-order valence-corrected chi connectivity index (χ4v) is 4.97. The van der Waals surface area contributed by atoms with Gasteiger partial charge >= 0.3 is 0 Å². The number of nitrogens with one attached hydrogen (secondary N) is 2. The lowest BCUT2D eigenvalue weighted by atomic mass is 9.80. The average Bonchev–Trinajstić information content (AvgIpc) is 2.60. The molecule has 0 atom stereocenters. The predicted molar refractivity (Wildman–Crippen MR) is 103 cm³/mol. The van der Waals surface area contributed by atoms with Gasteiger partial charge in [-0.05, 0) is 62.0 Å². The van der Waals surface area contributed by atoms with Crippen LogP contribution >= 0.6 is 0 Å². The van der Waals surface area contributed by atoms with E-state index in [1.165, 1.54) is 0 Å². The van der Waals surface area contributed by atoms with Gasteiger partial charge in [-0.2, -0.15) is 0 Å². The van der Waals surface area contributed by atoms with Crippen LogP contribution < -0.4 is 14.8 Å². The minimum Gasteiger partial charge on any atom is -0.496 e. The number of hydrogen-bond donors (Lipinski definition) is 2. The van der Waals surface area contributed by atoms with Crippen LogP contribution in [0.2, 0.25) is 0 Å². The second-order valence-corrected chi connectivity index (χ2v) is 9.26. The summed E-state index contributed by atoms with van der Waals surface area (Å²) in [4.78, 5) is 0.323. The summed E-state index contributed by atoms with van der Waals surface area (Å²) in [5.41, 5.74) is 1.42. The number of piperidine rings is 1. The van der Waals surface area contributed by atoms with Crippen molar-refractivity contribution in [2.24, 2.45) is 5.41 Å². The molecule has 1 aliphatic heterocycles. The molecule has 7 heteroatoms. The van der Waals surface area contributed by atoms with Crippen LogP contribution in [0.1, 0.15) is 43.7 Å².